The molecule has 3 heteroatoms. The Kier molecular flexibility index (Phi) is 0.793. The molecule has 0 fully saturated rings. The molecule has 0 aromatic rings. The van der Waals surface area contributed by atoms with E-state index in [0.29, 0.717) is 9.18 Å². The minimum atomic E-state index is 0.698. The van der Waals surface area contributed by atoms with Gasteiger partial charge < -0.3 is 4.63 Å². The molecular weight excluding hydrogens is 76.9 g/mol. The van der Waals surface area contributed by atoms with Crippen LogP contribution in [0.3, 0.4) is 0 Å². The summed E-state index contributed by atoms with van der Waals surface area (Å²) in [6, 6.07) is 0. The van der Waals surface area contributed by atoms with Gasteiger partial charge in [0.25, 0.3) is 0 Å². The molecule has 0 aromatic carbocycles. The molecule has 22 valence electrons. The molecule has 1 rings (SSSR count). The first-order valence-corrected chi connectivity index (χ1v) is 2.46. The molecule has 5 heavy (non-hydrogen) atoms. The van der Waals surface area contributed by atoms with E-state index < -0.39 is 0 Å². The SMILES string of the molecule is [B]1C=CN=[Si]1. The maximum Gasteiger partial charge on any atom is 0.183 e. The van der Waals surface area contributed by atoms with Crippen molar-refractivity contribution in [3.8, 4) is 0 Å². The van der Waals surface area contributed by atoms with Crippen LogP contribution in [-0.4, -0.2) is 16.1 Å². The van der Waals surface area contributed by atoms with Crippen molar-refractivity contribution in [3.05, 3.63) is 12.2 Å². The van der Waals surface area contributed by atoms with Crippen LogP contribution < -0.4 is 0 Å². The molecule has 0 spiro atoms. The summed E-state index contributed by atoms with van der Waals surface area (Å²) in [5.41, 5.74) is 0. The zero-order valence-electron chi connectivity index (χ0n) is 2.68. The van der Waals surface area contributed by atoms with Gasteiger partial charge >= 0.3 is 0 Å². The van der Waals surface area contributed by atoms with E-state index in [1.807, 2.05) is 19.0 Å². The van der Waals surface area contributed by atoms with Gasteiger partial charge in [-0.2, -0.15) is 0 Å². The van der Waals surface area contributed by atoms with Gasteiger partial charge in [-0.05, 0) is 0 Å². The highest BCUT2D eigenvalue weighted by Gasteiger charge is 1.79. The number of nitrogens with zero attached hydrogens (tertiary/aromatic N) is 1. The van der Waals surface area contributed by atoms with Gasteiger partial charge in [-0.15, -0.1) is 5.98 Å². The van der Waals surface area contributed by atoms with Gasteiger partial charge in [-0.25, -0.2) is 0 Å². The number of rotatable bonds is 0. The van der Waals surface area contributed by atoms with Crippen LogP contribution in [0.15, 0.2) is 16.8 Å². The topological polar surface area (TPSA) is 12.4 Å². The Hall–Kier alpha value is -0.178. The summed E-state index contributed by atoms with van der Waals surface area (Å²) in [4.78, 5) is 0. The second kappa shape index (κ2) is 1.31. The van der Waals surface area contributed by atoms with E-state index in [1.165, 1.54) is 0 Å². The third-order valence-electron chi connectivity index (χ3n) is 0.406. The van der Waals surface area contributed by atoms with E-state index in [2.05, 4.69) is 4.63 Å². The lowest BCUT2D eigenvalue weighted by Crippen LogP contribution is -1.78. The molecule has 0 saturated heterocycles. The van der Waals surface area contributed by atoms with Crippen molar-refractivity contribution in [1.82, 2.24) is 0 Å². The Morgan fingerprint density at radius 3 is 3.00 bits per heavy atom. The first-order chi connectivity index (χ1) is 2.50. The van der Waals surface area contributed by atoms with E-state index in [-0.39, 0.29) is 0 Å². The molecule has 0 atom stereocenters. The summed E-state index contributed by atoms with van der Waals surface area (Å²) in [7, 11) is 0.698. The Morgan fingerprint density at radius 2 is 2.80 bits per heavy atom. The van der Waals surface area contributed by atoms with Crippen LogP contribution in [0.4, 0.5) is 0 Å². The molecule has 0 amide bonds. The van der Waals surface area contributed by atoms with Crippen molar-refractivity contribution in [3.63, 3.8) is 0 Å². The second-order valence-corrected chi connectivity index (χ2v) is 1.62. The zero-order chi connectivity index (χ0) is 3.54. The summed E-state index contributed by atoms with van der Waals surface area (Å²) in [5.74, 6) is 1.96. The predicted molar refractivity (Wildman–Crippen MR) is 23.1 cm³/mol. The Labute approximate surface area is 33.8 Å². The van der Waals surface area contributed by atoms with Crippen LogP contribution in [0.25, 0.3) is 0 Å². The van der Waals surface area contributed by atoms with E-state index in [4.69, 9.17) is 0 Å². The summed E-state index contributed by atoms with van der Waals surface area (Å²) in [6.07, 6.45) is 1.82. The monoisotopic (exact) mass is 79.0 g/mol. The number of hydrogen-bond acceptors (Lipinski definition) is 1. The predicted octanol–water partition coefficient (Wildman–Crippen LogP) is -0.0218. The second-order valence-electron chi connectivity index (χ2n) is 0.766. The van der Waals surface area contributed by atoms with Gasteiger partial charge in [0.2, 0.25) is 0 Å². The summed E-state index contributed by atoms with van der Waals surface area (Å²) >= 11 is 0. The minimum Gasteiger partial charge on any atom is -0.319 e. The summed E-state index contributed by atoms with van der Waals surface area (Å²) in [5, 5.41) is 0. The average molecular weight is 78.9 g/mol. The van der Waals surface area contributed by atoms with Gasteiger partial charge in [-0.3, -0.25) is 0 Å². The molecule has 1 aliphatic rings. The minimum absolute atomic E-state index is 0.698. The van der Waals surface area contributed by atoms with Crippen molar-refractivity contribution in [2.45, 2.75) is 0 Å². The normalized spacial score (nSPS) is 16.0. The maximum absolute atomic E-state index is 3.88. The van der Waals surface area contributed by atoms with Crippen LogP contribution in [0, 0.1) is 0 Å². The molecule has 0 saturated carbocycles. The van der Waals surface area contributed by atoms with Crippen LogP contribution in [0.5, 0.6) is 0 Å². The first-order valence-electron chi connectivity index (χ1n) is 1.44. The van der Waals surface area contributed by atoms with Gasteiger partial charge in [0.05, 0.1) is 0 Å². The highest BCUT2D eigenvalue weighted by molar-refractivity contribution is 6.98. The highest BCUT2D eigenvalue weighted by atomic mass is 28.2. The molecule has 0 unspecified atom stereocenters. The van der Waals surface area contributed by atoms with Crippen molar-refractivity contribution >= 4 is 16.1 Å². The third kappa shape index (κ3) is 0.546. The smallest absolute Gasteiger partial charge is 0.183 e. The summed E-state index contributed by atoms with van der Waals surface area (Å²) in [6.45, 7) is 2.04. The fourth-order valence-corrected chi connectivity index (χ4v) is 0.645. The highest BCUT2D eigenvalue weighted by Crippen LogP contribution is 1.74. The molecular formula is C2H2BNSi. The largest absolute Gasteiger partial charge is 0.319 e. The first kappa shape index (κ1) is 3.03. The van der Waals surface area contributed by atoms with Crippen molar-refractivity contribution in [2.24, 2.45) is 4.63 Å². The summed E-state index contributed by atoms with van der Waals surface area (Å²) < 4.78 is 3.88. The van der Waals surface area contributed by atoms with Gasteiger partial charge in [0.15, 0.2) is 6.87 Å². The lowest BCUT2D eigenvalue weighted by atomic mass is 10.1. The molecule has 0 bridgehead atoms. The van der Waals surface area contributed by atoms with Gasteiger partial charge in [0, 0.05) is 6.20 Å². The van der Waals surface area contributed by atoms with E-state index in [1.54, 1.807) is 0 Å². The van der Waals surface area contributed by atoms with Crippen LogP contribution >= 0.6 is 0 Å². The van der Waals surface area contributed by atoms with Crippen molar-refractivity contribution in [1.29, 1.82) is 0 Å². The van der Waals surface area contributed by atoms with E-state index in [0.717, 1.165) is 0 Å². The van der Waals surface area contributed by atoms with Crippen LogP contribution in [-0.2, 0) is 0 Å². The molecule has 1 heterocycles. The third-order valence-corrected chi connectivity index (χ3v) is 1.05. The van der Waals surface area contributed by atoms with Crippen LogP contribution in [0.1, 0.15) is 0 Å². The number of hydrogen-bond donors (Lipinski definition) is 0. The van der Waals surface area contributed by atoms with Crippen molar-refractivity contribution < 1.29 is 0 Å². The fraction of sp³-hybridized carbons (Fsp3) is 0. The quantitative estimate of drug-likeness (QED) is 0.362. The molecule has 0 N–H and O–H groups in total. The van der Waals surface area contributed by atoms with Crippen LogP contribution in [0.2, 0.25) is 0 Å². The van der Waals surface area contributed by atoms with Crippen molar-refractivity contribution in [2.75, 3.05) is 0 Å². The maximum atomic E-state index is 3.88. The van der Waals surface area contributed by atoms with E-state index in [9.17, 15) is 0 Å². The zero-order valence-corrected chi connectivity index (χ0v) is 3.68. The molecule has 1 nitrogen and oxygen atoms in total. The van der Waals surface area contributed by atoms with Gasteiger partial charge in [0.1, 0.15) is 9.18 Å². The standard InChI is InChI=1S/C2H2BNSi/c1-2-4-5-3-1/h1-2H. The lowest BCUT2D eigenvalue weighted by Gasteiger charge is -1.50. The molecule has 1 aliphatic heterocycles. The fourth-order valence-electron chi connectivity index (χ4n) is 0.215. The van der Waals surface area contributed by atoms with E-state index >= 15 is 0 Å². The molecule has 0 aliphatic carbocycles. The van der Waals surface area contributed by atoms with Gasteiger partial charge in [-0.1, -0.05) is 0 Å². The lowest BCUT2D eigenvalue weighted by molar-refractivity contribution is 1.67. The molecule has 0 aromatic heterocycles. The Morgan fingerprint density at radius 1 is 1.80 bits per heavy atom. The average Bonchev–Trinajstić information content (AvgIpc) is 1.76. The Balaban J connectivity index is 2.61. The molecule has 2 radical (unpaired) electrons. The Bertz CT molecular complexity index is 67.7.